The standard InChI is InChI=1S/C28H23N5.C14H10ClN3/c1-2-33-26-10-6-5-8-22(26)24-18-20(11-12-27(24)33)30-28-23-9-4-3-7-21(23)25(31-32-28)17-19-13-15-29-16-14-19;15-14-12-4-2-1-3-11(12)13(17-18-14)9-10-5-7-16-8-6-10/h3-16,18H,2,17H2,1H3,(H,30,32);1-8H,9H2. The van der Waals surface area contributed by atoms with Crippen LogP contribution in [0.2, 0.25) is 5.15 Å². The first kappa shape index (κ1) is 32.0. The summed E-state index contributed by atoms with van der Waals surface area (Å²) in [5, 5.41) is 28.0. The zero-order valence-corrected chi connectivity index (χ0v) is 28.7. The van der Waals surface area contributed by atoms with E-state index < -0.39 is 0 Å². The van der Waals surface area contributed by atoms with Crippen LogP contribution >= 0.6 is 11.6 Å². The Bertz CT molecular complexity index is 2620. The number of pyridine rings is 2. The average Bonchev–Trinajstić information content (AvgIpc) is 3.51. The van der Waals surface area contributed by atoms with Gasteiger partial charge in [-0.25, -0.2) is 0 Å². The summed E-state index contributed by atoms with van der Waals surface area (Å²) in [4.78, 5) is 8.12. The number of hydrogen-bond donors (Lipinski definition) is 1. The number of nitrogens with zero attached hydrogens (tertiary/aromatic N) is 7. The summed E-state index contributed by atoms with van der Waals surface area (Å²) in [5.74, 6) is 0.766. The van der Waals surface area contributed by atoms with E-state index in [-0.39, 0.29) is 0 Å². The van der Waals surface area contributed by atoms with Crippen molar-refractivity contribution in [2.45, 2.75) is 26.3 Å². The number of aromatic nitrogens is 7. The normalized spacial score (nSPS) is 11.2. The van der Waals surface area contributed by atoms with Gasteiger partial charge in [0.25, 0.3) is 0 Å². The maximum absolute atomic E-state index is 6.05. The fourth-order valence-electron chi connectivity index (χ4n) is 6.64. The van der Waals surface area contributed by atoms with Gasteiger partial charge in [0, 0.05) is 93.2 Å². The highest BCUT2D eigenvalue weighted by atomic mass is 35.5. The molecule has 9 aromatic rings. The number of anilines is 2. The molecule has 5 aromatic heterocycles. The molecule has 0 aliphatic carbocycles. The lowest BCUT2D eigenvalue weighted by molar-refractivity contribution is 0.827. The van der Waals surface area contributed by atoms with Gasteiger partial charge in [-0.15, -0.1) is 10.2 Å². The van der Waals surface area contributed by atoms with Crippen molar-refractivity contribution >= 4 is 66.5 Å². The largest absolute Gasteiger partial charge is 0.341 e. The number of halogens is 1. The predicted octanol–water partition coefficient (Wildman–Crippen LogP) is 9.76. The molecule has 0 amide bonds. The van der Waals surface area contributed by atoms with Crippen LogP contribution in [0.5, 0.6) is 0 Å². The Balaban J connectivity index is 0.000000175. The summed E-state index contributed by atoms with van der Waals surface area (Å²) in [5.41, 5.74) is 7.73. The topological polar surface area (TPSA) is 94.3 Å². The van der Waals surface area contributed by atoms with Crippen molar-refractivity contribution in [3.8, 4) is 0 Å². The Morgan fingerprint density at radius 2 is 1.06 bits per heavy atom. The molecule has 0 spiro atoms. The van der Waals surface area contributed by atoms with E-state index in [1.54, 1.807) is 12.4 Å². The van der Waals surface area contributed by atoms with Crippen molar-refractivity contribution in [3.63, 3.8) is 0 Å². The molecule has 0 saturated heterocycles. The summed E-state index contributed by atoms with van der Waals surface area (Å²) in [6, 6.07) is 39.3. The van der Waals surface area contributed by atoms with Gasteiger partial charge < -0.3 is 9.88 Å². The number of rotatable bonds is 7. The molecule has 5 heterocycles. The maximum Gasteiger partial charge on any atom is 0.160 e. The molecule has 1 N–H and O–H groups in total. The zero-order chi connectivity index (χ0) is 34.6. The predicted molar refractivity (Wildman–Crippen MR) is 207 cm³/mol. The third-order valence-electron chi connectivity index (χ3n) is 9.08. The summed E-state index contributed by atoms with van der Waals surface area (Å²) in [6.45, 7) is 3.12. The van der Waals surface area contributed by atoms with Crippen LogP contribution < -0.4 is 5.32 Å². The first-order chi connectivity index (χ1) is 25.2. The Kier molecular flexibility index (Phi) is 8.97. The molecule has 8 nitrogen and oxygen atoms in total. The molecule has 248 valence electrons. The van der Waals surface area contributed by atoms with E-state index in [0.29, 0.717) is 5.15 Å². The van der Waals surface area contributed by atoms with Gasteiger partial charge in [0.05, 0.1) is 11.4 Å². The second-order valence-corrected chi connectivity index (χ2v) is 12.6. The molecule has 0 fully saturated rings. The van der Waals surface area contributed by atoms with Gasteiger partial charge in [0.1, 0.15) is 0 Å². The first-order valence-electron chi connectivity index (χ1n) is 16.9. The summed E-state index contributed by atoms with van der Waals surface area (Å²) < 4.78 is 2.36. The number of hydrogen-bond acceptors (Lipinski definition) is 7. The number of benzene rings is 4. The van der Waals surface area contributed by atoms with Gasteiger partial charge in [0.2, 0.25) is 0 Å². The van der Waals surface area contributed by atoms with E-state index in [9.17, 15) is 0 Å². The molecule has 0 radical (unpaired) electrons. The quantitative estimate of drug-likeness (QED) is 0.179. The van der Waals surface area contributed by atoms with Crippen molar-refractivity contribution in [2.24, 2.45) is 0 Å². The van der Waals surface area contributed by atoms with E-state index in [0.717, 1.165) is 69.4 Å². The molecule has 51 heavy (non-hydrogen) atoms. The molecule has 9 heteroatoms. The van der Waals surface area contributed by atoms with Gasteiger partial charge in [-0.3, -0.25) is 9.97 Å². The second kappa shape index (κ2) is 14.3. The molecule has 0 saturated carbocycles. The minimum absolute atomic E-state index is 0.448. The van der Waals surface area contributed by atoms with Gasteiger partial charge >= 0.3 is 0 Å². The molecular weight excluding hydrogens is 652 g/mol. The summed E-state index contributed by atoms with van der Waals surface area (Å²) in [6.07, 6.45) is 8.63. The lowest BCUT2D eigenvalue weighted by Gasteiger charge is -2.12. The monoisotopic (exact) mass is 684 g/mol. The Morgan fingerprint density at radius 3 is 1.71 bits per heavy atom. The third kappa shape index (κ3) is 6.57. The second-order valence-electron chi connectivity index (χ2n) is 12.2. The van der Waals surface area contributed by atoms with E-state index in [1.807, 2.05) is 67.0 Å². The molecule has 4 aromatic carbocycles. The molecular formula is C42H33ClN8. The van der Waals surface area contributed by atoms with Crippen molar-refractivity contribution < 1.29 is 0 Å². The van der Waals surface area contributed by atoms with Crippen LogP contribution in [0.3, 0.4) is 0 Å². The van der Waals surface area contributed by atoms with Crippen molar-refractivity contribution in [1.82, 2.24) is 34.9 Å². The van der Waals surface area contributed by atoms with Crippen LogP contribution in [-0.2, 0) is 19.4 Å². The first-order valence-corrected chi connectivity index (χ1v) is 17.2. The van der Waals surface area contributed by atoms with E-state index >= 15 is 0 Å². The molecule has 9 rings (SSSR count). The Labute approximate surface area is 299 Å². The van der Waals surface area contributed by atoms with Gasteiger partial charge in [-0.05, 0) is 66.6 Å². The molecule has 0 bridgehead atoms. The molecule has 0 unspecified atom stereocenters. The fourth-order valence-corrected chi connectivity index (χ4v) is 6.84. The average molecular weight is 685 g/mol. The molecule has 0 aliphatic rings. The highest BCUT2D eigenvalue weighted by Crippen LogP contribution is 2.33. The van der Waals surface area contributed by atoms with Crippen molar-refractivity contribution in [2.75, 3.05) is 5.32 Å². The highest BCUT2D eigenvalue weighted by Gasteiger charge is 2.13. The summed E-state index contributed by atoms with van der Waals surface area (Å²) in [7, 11) is 0. The zero-order valence-electron chi connectivity index (χ0n) is 27.9. The van der Waals surface area contributed by atoms with E-state index in [4.69, 9.17) is 11.6 Å². The van der Waals surface area contributed by atoms with E-state index in [2.05, 4.69) is 108 Å². The smallest absolute Gasteiger partial charge is 0.160 e. The number of para-hydroxylation sites is 1. The van der Waals surface area contributed by atoms with Crippen LogP contribution in [0.1, 0.15) is 29.4 Å². The van der Waals surface area contributed by atoms with Gasteiger partial charge in [-0.1, -0.05) is 78.3 Å². The number of fused-ring (bicyclic) bond motifs is 5. The fraction of sp³-hybridized carbons (Fsp3) is 0.0952. The SMILES string of the molecule is CCn1c2ccccc2c2cc(Nc3nnc(Cc4ccncc4)c4ccccc34)ccc21.Clc1nnc(Cc2ccncc2)c2ccccc12. The van der Waals surface area contributed by atoms with Crippen LogP contribution in [0.25, 0.3) is 43.4 Å². The Hall–Kier alpha value is -6.25. The van der Waals surface area contributed by atoms with Crippen LogP contribution in [0, 0.1) is 0 Å². The van der Waals surface area contributed by atoms with Crippen molar-refractivity contribution in [3.05, 3.63) is 168 Å². The minimum Gasteiger partial charge on any atom is -0.341 e. The molecule has 0 aliphatic heterocycles. The van der Waals surface area contributed by atoms with E-state index in [1.165, 1.54) is 27.4 Å². The maximum atomic E-state index is 6.05. The van der Waals surface area contributed by atoms with Crippen LogP contribution in [0.15, 0.2) is 140 Å². The third-order valence-corrected chi connectivity index (χ3v) is 9.35. The molecule has 0 atom stereocenters. The lowest BCUT2D eigenvalue weighted by atomic mass is 10.0. The number of nitrogens with one attached hydrogen (secondary N) is 1. The number of aryl methyl sites for hydroxylation is 1. The Morgan fingerprint density at radius 1 is 0.529 bits per heavy atom. The summed E-state index contributed by atoms with van der Waals surface area (Å²) >= 11 is 6.05. The minimum atomic E-state index is 0.448. The highest BCUT2D eigenvalue weighted by molar-refractivity contribution is 6.34. The van der Waals surface area contributed by atoms with Gasteiger partial charge in [0.15, 0.2) is 11.0 Å². The lowest BCUT2D eigenvalue weighted by Crippen LogP contribution is -2.02. The van der Waals surface area contributed by atoms with Crippen molar-refractivity contribution in [1.29, 1.82) is 0 Å². The van der Waals surface area contributed by atoms with Crippen LogP contribution in [-0.4, -0.2) is 34.9 Å². The van der Waals surface area contributed by atoms with Gasteiger partial charge in [-0.2, -0.15) is 10.2 Å². The van der Waals surface area contributed by atoms with Crippen LogP contribution in [0.4, 0.5) is 11.5 Å².